The van der Waals surface area contributed by atoms with Crippen molar-refractivity contribution in [3.05, 3.63) is 41.5 Å². The lowest BCUT2D eigenvalue weighted by Crippen LogP contribution is -2.46. The van der Waals surface area contributed by atoms with Crippen LogP contribution in [0.25, 0.3) is 0 Å². The number of phenolic OH excluding ortho intramolecular Hbond substituents is 1. The zero-order chi connectivity index (χ0) is 18.9. The summed E-state index contributed by atoms with van der Waals surface area (Å²) in [6.07, 6.45) is 0. The molecule has 0 spiro atoms. The maximum absolute atomic E-state index is 13.3. The van der Waals surface area contributed by atoms with E-state index in [4.69, 9.17) is 23.7 Å². The molecule has 1 aliphatic heterocycles. The highest BCUT2D eigenvalue weighted by atomic mass is 16.6. The van der Waals surface area contributed by atoms with Crippen molar-refractivity contribution in [1.29, 1.82) is 0 Å². The van der Waals surface area contributed by atoms with Crippen LogP contribution in [0.1, 0.15) is 15.9 Å². The first kappa shape index (κ1) is 17.9. The Morgan fingerprint density at radius 3 is 2.27 bits per heavy atom. The number of benzene rings is 2. The largest absolute Gasteiger partial charge is 0.502 e. The van der Waals surface area contributed by atoms with Gasteiger partial charge in [0, 0.05) is 7.11 Å². The maximum atomic E-state index is 13.3. The van der Waals surface area contributed by atoms with E-state index in [1.807, 2.05) is 0 Å². The molecule has 0 radical (unpaired) electrons. The Hall–Kier alpha value is -2.93. The van der Waals surface area contributed by atoms with E-state index in [2.05, 4.69) is 0 Å². The summed E-state index contributed by atoms with van der Waals surface area (Å²) in [4.78, 5) is 13.3. The minimum atomic E-state index is -1.33. The standard InChI is InChI=1S/C19H20O7/c1-22-12-7-5-11(6-8-12)19(25-4)10-26-16-13(18(19)21)9-14(23-2)15(20)17(16)24-3/h5-9,20H,10H2,1-4H3. The molecule has 1 atom stereocenters. The molecule has 2 aromatic carbocycles. The summed E-state index contributed by atoms with van der Waals surface area (Å²) in [5.41, 5.74) is -0.491. The molecule has 0 amide bonds. The molecule has 0 aliphatic carbocycles. The van der Waals surface area contributed by atoms with Gasteiger partial charge < -0.3 is 28.8 Å². The van der Waals surface area contributed by atoms with Gasteiger partial charge in [-0.05, 0) is 23.8 Å². The van der Waals surface area contributed by atoms with Crippen molar-refractivity contribution >= 4 is 5.78 Å². The second-order valence-electron chi connectivity index (χ2n) is 5.71. The van der Waals surface area contributed by atoms with Crippen molar-refractivity contribution in [2.24, 2.45) is 0 Å². The number of carbonyl (C=O) groups excluding carboxylic acids is 1. The second-order valence-corrected chi connectivity index (χ2v) is 5.71. The number of fused-ring (bicyclic) bond motifs is 1. The van der Waals surface area contributed by atoms with Gasteiger partial charge in [-0.3, -0.25) is 4.79 Å². The number of ether oxygens (including phenoxy) is 5. The molecule has 7 nitrogen and oxygen atoms in total. The average molecular weight is 360 g/mol. The Morgan fingerprint density at radius 2 is 1.73 bits per heavy atom. The third kappa shape index (κ3) is 2.52. The van der Waals surface area contributed by atoms with Crippen LogP contribution < -0.4 is 18.9 Å². The van der Waals surface area contributed by atoms with Crippen LogP contribution in [0.3, 0.4) is 0 Å². The van der Waals surface area contributed by atoms with Crippen LogP contribution in [0, 0.1) is 0 Å². The van der Waals surface area contributed by atoms with E-state index in [1.165, 1.54) is 27.4 Å². The molecule has 0 saturated heterocycles. The molecule has 0 saturated carbocycles. The number of ketones is 1. The van der Waals surface area contributed by atoms with Gasteiger partial charge in [0.15, 0.2) is 17.1 Å². The van der Waals surface area contributed by atoms with Gasteiger partial charge >= 0.3 is 0 Å². The van der Waals surface area contributed by atoms with Crippen molar-refractivity contribution in [2.75, 3.05) is 35.0 Å². The first-order valence-electron chi connectivity index (χ1n) is 7.87. The molecule has 26 heavy (non-hydrogen) atoms. The first-order valence-corrected chi connectivity index (χ1v) is 7.87. The maximum Gasteiger partial charge on any atom is 0.207 e. The number of hydrogen-bond acceptors (Lipinski definition) is 7. The highest BCUT2D eigenvalue weighted by molar-refractivity contribution is 6.07. The van der Waals surface area contributed by atoms with Gasteiger partial charge in [0.25, 0.3) is 0 Å². The predicted octanol–water partition coefficient (Wildman–Crippen LogP) is 2.54. The number of aromatic hydroxyl groups is 1. The minimum absolute atomic E-state index is 0.0483. The van der Waals surface area contributed by atoms with E-state index in [9.17, 15) is 9.90 Å². The zero-order valence-electron chi connectivity index (χ0n) is 15.0. The van der Waals surface area contributed by atoms with Crippen molar-refractivity contribution in [1.82, 2.24) is 0 Å². The molecule has 1 heterocycles. The number of methoxy groups -OCH3 is 4. The lowest BCUT2D eigenvalue weighted by atomic mass is 9.84. The normalized spacial score (nSPS) is 18.7. The highest BCUT2D eigenvalue weighted by Crippen LogP contribution is 2.50. The van der Waals surface area contributed by atoms with E-state index in [1.54, 1.807) is 31.4 Å². The van der Waals surface area contributed by atoms with Crippen LogP contribution in [-0.2, 0) is 10.3 Å². The number of phenols is 1. The van der Waals surface area contributed by atoms with Crippen LogP contribution in [0.15, 0.2) is 30.3 Å². The van der Waals surface area contributed by atoms with Crippen molar-refractivity contribution < 1.29 is 33.6 Å². The van der Waals surface area contributed by atoms with E-state index in [0.29, 0.717) is 11.3 Å². The average Bonchev–Trinajstić information content (AvgIpc) is 2.68. The Balaban J connectivity index is 2.15. The first-order chi connectivity index (χ1) is 12.5. The van der Waals surface area contributed by atoms with E-state index in [0.717, 1.165) is 0 Å². The summed E-state index contributed by atoms with van der Waals surface area (Å²) in [7, 11) is 5.79. The Kier molecular flexibility index (Phi) is 4.65. The molecule has 0 fully saturated rings. The Labute approximate surface area is 151 Å². The summed E-state index contributed by atoms with van der Waals surface area (Å²) in [5.74, 6) is 0.445. The van der Waals surface area contributed by atoms with Crippen LogP contribution in [0.2, 0.25) is 0 Å². The summed E-state index contributed by atoms with van der Waals surface area (Å²) in [5, 5.41) is 10.2. The molecular weight excluding hydrogens is 340 g/mol. The van der Waals surface area contributed by atoms with E-state index in [-0.39, 0.29) is 41.0 Å². The molecule has 1 N–H and O–H groups in total. The molecule has 0 bridgehead atoms. The summed E-state index contributed by atoms with van der Waals surface area (Å²) < 4.78 is 26.9. The monoisotopic (exact) mass is 360 g/mol. The number of Topliss-reactive ketones (excluding diaryl/α,β-unsaturated/α-hetero) is 1. The van der Waals surface area contributed by atoms with Gasteiger partial charge in [0.2, 0.25) is 17.3 Å². The molecule has 3 rings (SSSR count). The van der Waals surface area contributed by atoms with Crippen LogP contribution in [-0.4, -0.2) is 45.9 Å². The van der Waals surface area contributed by atoms with E-state index >= 15 is 0 Å². The van der Waals surface area contributed by atoms with Crippen LogP contribution >= 0.6 is 0 Å². The van der Waals surface area contributed by atoms with Gasteiger partial charge in [0.1, 0.15) is 12.4 Å². The SMILES string of the molecule is COc1ccc(C2(OC)COc3c(cc(OC)c(O)c3OC)C2=O)cc1. The third-order valence-corrected chi connectivity index (χ3v) is 4.53. The lowest BCUT2D eigenvalue weighted by molar-refractivity contribution is -0.0352. The lowest BCUT2D eigenvalue weighted by Gasteiger charge is -2.36. The van der Waals surface area contributed by atoms with Gasteiger partial charge in [-0.15, -0.1) is 0 Å². The Bertz CT molecular complexity index is 829. The number of hydrogen-bond donors (Lipinski definition) is 1. The van der Waals surface area contributed by atoms with Crippen LogP contribution in [0.5, 0.6) is 28.7 Å². The van der Waals surface area contributed by atoms with Crippen molar-refractivity contribution in [3.63, 3.8) is 0 Å². The topological polar surface area (TPSA) is 83.5 Å². The quantitative estimate of drug-likeness (QED) is 0.877. The third-order valence-electron chi connectivity index (χ3n) is 4.53. The molecule has 1 unspecified atom stereocenters. The van der Waals surface area contributed by atoms with Crippen LogP contribution in [0.4, 0.5) is 0 Å². The molecule has 138 valence electrons. The predicted molar refractivity (Wildman–Crippen MR) is 92.7 cm³/mol. The molecular formula is C19H20O7. The van der Waals surface area contributed by atoms with Crippen molar-refractivity contribution in [3.8, 4) is 28.7 Å². The molecule has 2 aromatic rings. The smallest absolute Gasteiger partial charge is 0.207 e. The van der Waals surface area contributed by atoms with E-state index < -0.39 is 5.60 Å². The summed E-state index contributed by atoms with van der Waals surface area (Å²) >= 11 is 0. The Morgan fingerprint density at radius 1 is 1.04 bits per heavy atom. The van der Waals surface area contributed by atoms with Gasteiger partial charge in [-0.25, -0.2) is 0 Å². The summed E-state index contributed by atoms with van der Waals surface area (Å²) in [6.45, 7) is -0.0657. The highest BCUT2D eigenvalue weighted by Gasteiger charge is 2.48. The summed E-state index contributed by atoms with van der Waals surface area (Å²) in [6, 6.07) is 8.42. The molecule has 0 aromatic heterocycles. The fraction of sp³-hybridized carbons (Fsp3) is 0.316. The minimum Gasteiger partial charge on any atom is -0.502 e. The number of rotatable bonds is 5. The molecule has 7 heteroatoms. The van der Waals surface area contributed by atoms with Crippen molar-refractivity contribution in [2.45, 2.75) is 5.60 Å². The van der Waals surface area contributed by atoms with Gasteiger partial charge in [0.05, 0.1) is 26.9 Å². The second kappa shape index (κ2) is 6.76. The molecule has 1 aliphatic rings. The number of carbonyl (C=O) groups is 1. The van der Waals surface area contributed by atoms with Gasteiger partial charge in [-0.1, -0.05) is 12.1 Å². The fourth-order valence-electron chi connectivity index (χ4n) is 3.06. The van der Waals surface area contributed by atoms with Gasteiger partial charge in [-0.2, -0.15) is 0 Å². The fourth-order valence-corrected chi connectivity index (χ4v) is 3.06. The zero-order valence-corrected chi connectivity index (χ0v) is 15.0.